The van der Waals surface area contributed by atoms with Crippen molar-refractivity contribution in [3.8, 4) is 10.4 Å². The maximum Gasteiger partial charge on any atom is 0.260 e. The van der Waals surface area contributed by atoms with E-state index < -0.39 is 0 Å². The summed E-state index contributed by atoms with van der Waals surface area (Å²) in [6.07, 6.45) is 0. The molecule has 4 nitrogen and oxygen atoms in total. The van der Waals surface area contributed by atoms with Gasteiger partial charge in [0.05, 0.1) is 5.39 Å². The van der Waals surface area contributed by atoms with Crippen LogP contribution in [0.5, 0.6) is 0 Å². The minimum Gasteiger partial charge on any atom is -0.334 e. The molecule has 0 radical (unpaired) electrons. The Bertz CT molecular complexity index is 1140. The summed E-state index contributed by atoms with van der Waals surface area (Å²) in [7, 11) is 0. The van der Waals surface area contributed by atoms with E-state index in [2.05, 4.69) is 67.5 Å². The summed E-state index contributed by atoms with van der Waals surface area (Å²) in [4.78, 5) is 23.8. The third kappa shape index (κ3) is 3.81. The van der Waals surface area contributed by atoms with E-state index in [1.165, 1.54) is 10.4 Å². The van der Waals surface area contributed by atoms with Crippen LogP contribution in [0.15, 0.2) is 52.6 Å². The van der Waals surface area contributed by atoms with Gasteiger partial charge in [-0.3, -0.25) is 4.79 Å². The maximum absolute atomic E-state index is 12.8. The van der Waals surface area contributed by atoms with Gasteiger partial charge in [0.25, 0.3) is 5.56 Å². The molecule has 3 aromatic heterocycles. The van der Waals surface area contributed by atoms with E-state index >= 15 is 0 Å². The number of rotatable bonds is 6. The van der Waals surface area contributed by atoms with Crippen LogP contribution < -0.4 is 10.9 Å². The van der Waals surface area contributed by atoms with Crippen molar-refractivity contribution in [3.05, 3.63) is 74.5 Å². The van der Waals surface area contributed by atoms with Crippen molar-refractivity contribution in [2.45, 2.75) is 33.4 Å². The summed E-state index contributed by atoms with van der Waals surface area (Å²) < 4.78 is 0. The molecule has 4 rings (SSSR count). The smallest absolute Gasteiger partial charge is 0.260 e. The molecule has 0 fully saturated rings. The van der Waals surface area contributed by atoms with Gasteiger partial charge in [-0.2, -0.15) is 0 Å². The van der Waals surface area contributed by atoms with Gasteiger partial charge in [-0.15, -0.1) is 22.7 Å². The molecule has 0 bridgehead atoms. The lowest BCUT2D eigenvalue weighted by molar-refractivity contribution is -0.718. The van der Waals surface area contributed by atoms with Crippen LogP contribution in [0.1, 0.15) is 36.2 Å². The lowest BCUT2D eigenvalue weighted by Gasteiger charge is -2.19. The zero-order valence-corrected chi connectivity index (χ0v) is 17.9. The highest BCUT2D eigenvalue weighted by molar-refractivity contribution is 7.19. The largest absolute Gasteiger partial charge is 0.334 e. The third-order valence-electron chi connectivity index (χ3n) is 4.97. The summed E-state index contributed by atoms with van der Waals surface area (Å²) >= 11 is 3.25. The molecule has 0 aliphatic heterocycles. The minimum absolute atomic E-state index is 0.0449. The van der Waals surface area contributed by atoms with Gasteiger partial charge in [0, 0.05) is 32.2 Å². The molecule has 1 atom stereocenters. The molecule has 0 spiro atoms. The summed E-state index contributed by atoms with van der Waals surface area (Å²) in [5.41, 5.74) is 2.25. The van der Waals surface area contributed by atoms with E-state index in [0.717, 1.165) is 21.1 Å². The Hall–Kier alpha value is -2.28. The number of hydrogen-bond acceptors (Lipinski definition) is 4. The predicted molar refractivity (Wildman–Crippen MR) is 118 cm³/mol. The van der Waals surface area contributed by atoms with E-state index in [1.54, 1.807) is 22.7 Å². The summed E-state index contributed by atoms with van der Waals surface area (Å²) in [5, 5.41) is 5.02. The zero-order chi connectivity index (χ0) is 19.7. The number of aromatic amines is 1. The fourth-order valence-corrected chi connectivity index (χ4v) is 5.48. The average molecular weight is 411 g/mol. The van der Waals surface area contributed by atoms with Crippen molar-refractivity contribution >= 4 is 32.9 Å². The number of nitrogens with two attached hydrogens (primary N) is 1. The molecule has 3 N–H and O–H groups in total. The van der Waals surface area contributed by atoms with Crippen molar-refractivity contribution in [2.24, 2.45) is 5.92 Å². The molecule has 0 aliphatic carbocycles. The van der Waals surface area contributed by atoms with E-state index in [1.807, 2.05) is 11.4 Å². The van der Waals surface area contributed by atoms with Crippen LogP contribution in [0.25, 0.3) is 20.7 Å². The number of aromatic nitrogens is 2. The van der Waals surface area contributed by atoms with Crippen LogP contribution in [0, 0.1) is 12.8 Å². The Labute approximate surface area is 172 Å². The standard InChI is InChI=1S/C22H23N3OS2/c1-13(2)20(15-7-5-4-6-8-15)23-11-18-24-21(26)19-16(12-27-22(19)25-18)17-10-9-14(3)28-17/h4-10,12-13,20,23H,11H2,1-3H3,(H,24,25,26)/p+1/t20-/m1/s1. The predicted octanol–water partition coefficient (Wildman–Crippen LogP) is 4.48. The fraction of sp³-hybridized carbons (Fsp3) is 0.273. The Balaban J connectivity index is 1.61. The van der Waals surface area contributed by atoms with E-state index in [0.29, 0.717) is 23.9 Å². The lowest BCUT2D eigenvalue weighted by Crippen LogP contribution is -2.85. The molecule has 0 amide bonds. The third-order valence-corrected chi connectivity index (χ3v) is 6.87. The number of quaternary nitrogens is 1. The Morgan fingerprint density at radius 2 is 1.93 bits per heavy atom. The molecule has 144 valence electrons. The van der Waals surface area contributed by atoms with Crippen LogP contribution in [-0.4, -0.2) is 9.97 Å². The number of benzene rings is 1. The molecule has 0 unspecified atom stereocenters. The summed E-state index contributed by atoms with van der Waals surface area (Å²) in [6.45, 7) is 7.18. The SMILES string of the molecule is Cc1ccc(-c2csc3nc(C[NH2+][C@@H](c4ccccc4)C(C)C)[nH]c(=O)c23)s1. The molecule has 4 aromatic rings. The van der Waals surface area contributed by atoms with Gasteiger partial charge in [-0.1, -0.05) is 44.2 Å². The molecule has 0 saturated carbocycles. The van der Waals surface area contributed by atoms with Gasteiger partial charge in [0.15, 0.2) is 5.82 Å². The molecular weight excluding hydrogens is 386 g/mol. The highest BCUT2D eigenvalue weighted by atomic mass is 32.1. The summed E-state index contributed by atoms with van der Waals surface area (Å²) in [5.74, 6) is 1.21. The molecule has 0 aliphatic rings. The number of nitrogens with one attached hydrogen (secondary N) is 1. The van der Waals surface area contributed by atoms with Gasteiger partial charge >= 0.3 is 0 Å². The lowest BCUT2D eigenvalue weighted by atomic mass is 9.96. The van der Waals surface area contributed by atoms with Crippen molar-refractivity contribution < 1.29 is 5.32 Å². The van der Waals surface area contributed by atoms with Gasteiger partial charge < -0.3 is 10.3 Å². The number of H-pyrrole nitrogens is 1. The number of nitrogens with zero attached hydrogens (tertiary/aromatic N) is 1. The molecule has 0 saturated heterocycles. The van der Waals surface area contributed by atoms with Gasteiger partial charge in [0.1, 0.15) is 17.4 Å². The van der Waals surface area contributed by atoms with Crippen LogP contribution in [-0.2, 0) is 6.54 Å². The minimum atomic E-state index is -0.0449. The second kappa shape index (κ2) is 7.99. The highest BCUT2D eigenvalue weighted by Crippen LogP contribution is 2.34. The molecular formula is C22H24N3OS2+. The van der Waals surface area contributed by atoms with Gasteiger partial charge in [0.2, 0.25) is 0 Å². The second-order valence-electron chi connectivity index (χ2n) is 7.37. The Morgan fingerprint density at radius 1 is 1.14 bits per heavy atom. The second-order valence-corrected chi connectivity index (χ2v) is 9.52. The highest BCUT2D eigenvalue weighted by Gasteiger charge is 2.20. The molecule has 3 heterocycles. The first-order valence-electron chi connectivity index (χ1n) is 9.48. The van der Waals surface area contributed by atoms with Gasteiger partial charge in [-0.05, 0) is 19.1 Å². The molecule has 28 heavy (non-hydrogen) atoms. The van der Waals surface area contributed by atoms with Crippen LogP contribution in [0.2, 0.25) is 0 Å². The number of hydrogen-bond donors (Lipinski definition) is 2. The molecule has 1 aromatic carbocycles. The first-order valence-corrected chi connectivity index (χ1v) is 11.2. The first kappa shape index (κ1) is 19.1. The maximum atomic E-state index is 12.8. The number of fused-ring (bicyclic) bond motifs is 1. The van der Waals surface area contributed by atoms with Crippen molar-refractivity contribution in [1.82, 2.24) is 9.97 Å². The van der Waals surface area contributed by atoms with Crippen molar-refractivity contribution in [2.75, 3.05) is 0 Å². The summed E-state index contributed by atoms with van der Waals surface area (Å²) in [6, 6.07) is 15.0. The quantitative estimate of drug-likeness (QED) is 0.492. The Morgan fingerprint density at radius 3 is 2.61 bits per heavy atom. The van der Waals surface area contributed by atoms with Crippen LogP contribution in [0.3, 0.4) is 0 Å². The topological polar surface area (TPSA) is 62.4 Å². The Kier molecular flexibility index (Phi) is 5.44. The van der Waals surface area contributed by atoms with E-state index in [-0.39, 0.29) is 5.56 Å². The average Bonchev–Trinajstić information content (AvgIpc) is 3.29. The monoisotopic (exact) mass is 410 g/mol. The van der Waals surface area contributed by atoms with E-state index in [4.69, 9.17) is 4.98 Å². The number of thiophene rings is 2. The van der Waals surface area contributed by atoms with Crippen molar-refractivity contribution in [1.29, 1.82) is 0 Å². The number of aryl methyl sites for hydroxylation is 1. The van der Waals surface area contributed by atoms with Gasteiger partial charge in [-0.25, -0.2) is 4.98 Å². The molecule has 6 heteroatoms. The zero-order valence-electron chi connectivity index (χ0n) is 16.2. The van der Waals surface area contributed by atoms with Crippen LogP contribution >= 0.6 is 22.7 Å². The first-order chi connectivity index (χ1) is 13.5. The van der Waals surface area contributed by atoms with Crippen LogP contribution in [0.4, 0.5) is 0 Å². The fourth-order valence-electron chi connectivity index (χ4n) is 3.56. The normalized spacial score (nSPS) is 12.7. The van der Waals surface area contributed by atoms with Crippen molar-refractivity contribution in [3.63, 3.8) is 0 Å². The van der Waals surface area contributed by atoms with E-state index in [9.17, 15) is 4.79 Å².